The van der Waals surface area contributed by atoms with Gasteiger partial charge in [0.1, 0.15) is 0 Å². The number of hydrogen-bond acceptors (Lipinski definition) is 3. The van der Waals surface area contributed by atoms with Gasteiger partial charge in [-0.25, -0.2) is 14.5 Å². The Kier molecular flexibility index (Phi) is 5.56. The van der Waals surface area contributed by atoms with E-state index >= 15 is 0 Å². The Balaban J connectivity index is 1.78. The summed E-state index contributed by atoms with van der Waals surface area (Å²) in [6.45, 7) is 3.01. The van der Waals surface area contributed by atoms with Gasteiger partial charge in [0.25, 0.3) is 0 Å². The lowest BCUT2D eigenvalue weighted by Crippen LogP contribution is -2.36. The number of urea groups is 1. The molecular formula is C15H16F3N5O. The van der Waals surface area contributed by atoms with Crippen molar-refractivity contribution in [3.8, 4) is 5.82 Å². The summed E-state index contributed by atoms with van der Waals surface area (Å²) in [7, 11) is 0. The van der Waals surface area contributed by atoms with E-state index in [4.69, 9.17) is 0 Å². The van der Waals surface area contributed by atoms with E-state index in [1.807, 2.05) is 0 Å². The van der Waals surface area contributed by atoms with Crippen LogP contribution < -0.4 is 10.6 Å². The predicted octanol–water partition coefficient (Wildman–Crippen LogP) is 2.58. The monoisotopic (exact) mass is 339 g/mol. The maximum atomic E-state index is 12.3. The number of pyridine rings is 1. The maximum absolute atomic E-state index is 12.3. The number of carbonyl (C=O) groups excluding carboxylic acids is 1. The smallest absolute Gasteiger partial charge is 0.338 e. The molecule has 2 heterocycles. The van der Waals surface area contributed by atoms with E-state index in [9.17, 15) is 18.0 Å². The minimum Gasteiger partial charge on any atom is -0.338 e. The van der Waals surface area contributed by atoms with Crippen LogP contribution in [-0.2, 0) is 6.54 Å². The molecule has 2 rings (SSSR count). The topological polar surface area (TPSA) is 71.8 Å². The van der Waals surface area contributed by atoms with E-state index in [0.29, 0.717) is 5.82 Å². The Morgan fingerprint density at radius 3 is 2.75 bits per heavy atom. The normalized spacial score (nSPS) is 11.1. The number of nitrogens with one attached hydrogen (secondary N) is 2. The molecule has 0 aliphatic heterocycles. The lowest BCUT2D eigenvalue weighted by atomic mass is 10.2. The van der Waals surface area contributed by atoms with Gasteiger partial charge in [-0.1, -0.05) is 6.58 Å². The van der Waals surface area contributed by atoms with Crippen LogP contribution in [0.5, 0.6) is 0 Å². The molecular weight excluding hydrogens is 323 g/mol. The molecule has 2 aromatic heterocycles. The lowest BCUT2D eigenvalue weighted by Gasteiger charge is -2.11. The van der Waals surface area contributed by atoms with Crippen molar-refractivity contribution in [3.05, 3.63) is 54.5 Å². The van der Waals surface area contributed by atoms with Crippen molar-refractivity contribution in [2.45, 2.75) is 19.1 Å². The zero-order valence-electron chi connectivity index (χ0n) is 12.7. The van der Waals surface area contributed by atoms with Crippen molar-refractivity contribution >= 4 is 6.03 Å². The van der Waals surface area contributed by atoms with Crippen LogP contribution in [0.1, 0.15) is 12.0 Å². The first kappa shape index (κ1) is 17.5. The van der Waals surface area contributed by atoms with E-state index < -0.39 is 17.8 Å². The van der Waals surface area contributed by atoms with Crippen LogP contribution in [-0.4, -0.2) is 33.5 Å². The second kappa shape index (κ2) is 7.62. The van der Waals surface area contributed by atoms with E-state index in [1.165, 1.54) is 0 Å². The summed E-state index contributed by atoms with van der Waals surface area (Å²) >= 11 is 0. The molecule has 0 unspecified atom stereocenters. The number of carbonyl (C=O) groups is 1. The van der Waals surface area contributed by atoms with Gasteiger partial charge in [0.2, 0.25) is 0 Å². The van der Waals surface area contributed by atoms with Crippen molar-refractivity contribution in [2.75, 3.05) is 6.54 Å². The second-order valence-corrected chi connectivity index (χ2v) is 4.93. The van der Waals surface area contributed by atoms with Gasteiger partial charge in [0.05, 0.1) is 0 Å². The van der Waals surface area contributed by atoms with Gasteiger partial charge >= 0.3 is 12.2 Å². The minimum atomic E-state index is -4.43. The average molecular weight is 339 g/mol. The van der Waals surface area contributed by atoms with E-state index in [2.05, 4.69) is 27.3 Å². The summed E-state index contributed by atoms with van der Waals surface area (Å²) in [5.74, 6) is 0.598. The molecule has 6 nitrogen and oxygen atoms in total. The van der Waals surface area contributed by atoms with E-state index in [0.717, 1.165) is 5.56 Å². The van der Waals surface area contributed by atoms with Crippen LogP contribution in [0.3, 0.4) is 0 Å². The highest BCUT2D eigenvalue weighted by atomic mass is 19.4. The number of amides is 2. The zero-order chi connectivity index (χ0) is 17.6. The molecule has 0 radical (unpaired) electrons. The molecule has 0 bridgehead atoms. The largest absolute Gasteiger partial charge is 0.412 e. The third-order valence-electron chi connectivity index (χ3n) is 3.12. The molecule has 0 saturated heterocycles. The molecule has 0 aliphatic rings. The first-order valence-corrected chi connectivity index (χ1v) is 7.08. The molecule has 0 saturated carbocycles. The molecule has 2 amide bonds. The van der Waals surface area contributed by atoms with Gasteiger partial charge in [-0.05, 0) is 30.2 Å². The molecule has 2 N–H and O–H groups in total. The summed E-state index contributed by atoms with van der Waals surface area (Å²) in [6.07, 6.45) is 0.154. The first-order valence-electron chi connectivity index (χ1n) is 7.08. The summed E-state index contributed by atoms with van der Waals surface area (Å²) in [5.41, 5.74) is -0.0915. The molecule has 24 heavy (non-hydrogen) atoms. The van der Waals surface area contributed by atoms with Crippen LogP contribution in [0.25, 0.3) is 5.82 Å². The number of alkyl halides is 3. The van der Waals surface area contributed by atoms with Crippen LogP contribution in [0, 0.1) is 0 Å². The van der Waals surface area contributed by atoms with Gasteiger partial charge in [-0.15, -0.1) is 0 Å². The second-order valence-electron chi connectivity index (χ2n) is 4.93. The van der Waals surface area contributed by atoms with Crippen molar-refractivity contribution in [1.82, 2.24) is 25.4 Å². The Bertz CT molecular complexity index is 697. The molecule has 0 spiro atoms. The highest BCUT2D eigenvalue weighted by Gasteiger charge is 2.31. The predicted molar refractivity (Wildman–Crippen MR) is 81.4 cm³/mol. The molecule has 0 aliphatic carbocycles. The molecule has 9 heteroatoms. The van der Waals surface area contributed by atoms with E-state index in [1.54, 1.807) is 41.5 Å². The Morgan fingerprint density at radius 1 is 1.29 bits per heavy atom. The highest BCUT2D eigenvalue weighted by molar-refractivity contribution is 5.73. The van der Waals surface area contributed by atoms with Gasteiger partial charge < -0.3 is 10.6 Å². The van der Waals surface area contributed by atoms with Crippen molar-refractivity contribution in [3.63, 3.8) is 0 Å². The summed E-state index contributed by atoms with van der Waals surface area (Å²) in [6, 6.07) is 4.68. The minimum absolute atomic E-state index is 0.140. The van der Waals surface area contributed by atoms with Crippen LogP contribution in [0.4, 0.5) is 18.0 Å². The van der Waals surface area contributed by atoms with Gasteiger partial charge in [0, 0.05) is 37.3 Å². The Labute approximate surface area is 136 Å². The molecule has 0 fully saturated rings. The van der Waals surface area contributed by atoms with E-state index in [-0.39, 0.29) is 19.5 Å². The van der Waals surface area contributed by atoms with Crippen molar-refractivity contribution in [1.29, 1.82) is 0 Å². The molecule has 0 aromatic carbocycles. The van der Waals surface area contributed by atoms with Crippen LogP contribution in [0.2, 0.25) is 0 Å². The van der Waals surface area contributed by atoms with Crippen LogP contribution >= 0.6 is 0 Å². The SMILES string of the molecule is C=C(CCNC(=O)NCc1ccnc(-n2cccn2)c1)C(F)(F)F. The van der Waals surface area contributed by atoms with Crippen LogP contribution in [0.15, 0.2) is 48.9 Å². The number of rotatable bonds is 6. The number of nitrogens with zero attached hydrogens (tertiary/aromatic N) is 3. The fourth-order valence-corrected chi connectivity index (χ4v) is 1.81. The fourth-order valence-electron chi connectivity index (χ4n) is 1.81. The van der Waals surface area contributed by atoms with Gasteiger partial charge in [0.15, 0.2) is 5.82 Å². The number of hydrogen-bond donors (Lipinski definition) is 2. The third kappa shape index (κ3) is 5.11. The Hall–Kier alpha value is -2.84. The van der Waals surface area contributed by atoms with Gasteiger partial charge in [-0.2, -0.15) is 18.3 Å². The summed E-state index contributed by atoms with van der Waals surface area (Å²) < 4.78 is 38.3. The van der Waals surface area contributed by atoms with Crippen molar-refractivity contribution < 1.29 is 18.0 Å². The fraction of sp³-hybridized carbons (Fsp3) is 0.267. The molecule has 128 valence electrons. The molecule has 2 aromatic rings. The van der Waals surface area contributed by atoms with Crippen molar-refractivity contribution in [2.24, 2.45) is 0 Å². The maximum Gasteiger partial charge on any atom is 0.412 e. The quantitative estimate of drug-likeness (QED) is 0.795. The lowest BCUT2D eigenvalue weighted by molar-refractivity contribution is -0.0934. The standard InChI is InChI=1S/C15H16F3N5O/c1-11(15(16,17)18)3-6-20-14(24)21-10-12-4-7-19-13(9-12)23-8-2-5-22-23/h2,4-5,7-9H,1,3,6,10H2,(H2,20,21,24). The summed E-state index contributed by atoms with van der Waals surface area (Å²) in [5, 5.41) is 8.97. The summed E-state index contributed by atoms with van der Waals surface area (Å²) in [4.78, 5) is 15.8. The average Bonchev–Trinajstić information content (AvgIpc) is 3.06. The zero-order valence-corrected chi connectivity index (χ0v) is 12.7. The third-order valence-corrected chi connectivity index (χ3v) is 3.12. The molecule has 0 atom stereocenters. The first-order chi connectivity index (χ1) is 11.4. The highest BCUT2D eigenvalue weighted by Crippen LogP contribution is 2.25. The number of aromatic nitrogens is 3. The van der Waals surface area contributed by atoms with Gasteiger partial charge in [-0.3, -0.25) is 0 Å². The Morgan fingerprint density at radius 2 is 2.08 bits per heavy atom. The number of halogens is 3.